The summed E-state index contributed by atoms with van der Waals surface area (Å²) >= 11 is 0. The Labute approximate surface area is 117 Å². The molecule has 0 spiro atoms. The minimum atomic E-state index is -1.13. The van der Waals surface area contributed by atoms with Crippen LogP contribution in [0.4, 0.5) is 0 Å². The number of hydrogen-bond donors (Lipinski definition) is 3. The van der Waals surface area contributed by atoms with E-state index < -0.39 is 17.9 Å². The Kier molecular flexibility index (Phi) is 5.25. The van der Waals surface area contributed by atoms with Crippen LogP contribution in [0.3, 0.4) is 0 Å². The maximum atomic E-state index is 11.9. The molecular weight excluding hydrogens is 260 g/mol. The third-order valence-corrected chi connectivity index (χ3v) is 2.64. The van der Waals surface area contributed by atoms with Crippen molar-refractivity contribution in [3.05, 3.63) is 34.9 Å². The molecule has 1 atom stereocenters. The summed E-state index contributed by atoms with van der Waals surface area (Å²) in [7, 11) is 0. The van der Waals surface area contributed by atoms with Gasteiger partial charge in [0.2, 0.25) is 5.91 Å². The zero-order valence-corrected chi connectivity index (χ0v) is 11.7. The average molecular weight is 278 g/mol. The molecule has 0 radical (unpaired) electrons. The van der Waals surface area contributed by atoms with Crippen LogP contribution in [0.15, 0.2) is 18.2 Å². The highest BCUT2D eigenvalue weighted by molar-refractivity contribution is 5.97. The van der Waals surface area contributed by atoms with E-state index in [4.69, 9.17) is 5.11 Å². The van der Waals surface area contributed by atoms with E-state index in [1.807, 2.05) is 19.9 Å². The SMILES string of the molecule is Cc1cc(C)cc(C(=O)NCC(=O)N[C@H](C)C(=O)O)c1. The smallest absolute Gasteiger partial charge is 0.325 e. The number of hydrogen-bond acceptors (Lipinski definition) is 3. The molecule has 0 saturated heterocycles. The van der Waals surface area contributed by atoms with Crippen molar-refractivity contribution in [3.63, 3.8) is 0 Å². The van der Waals surface area contributed by atoms with Crippen LogP contribution in [-0.4, -0.2) is 35.5 Å². The van der Waals surface area contributed by atoms with Crippen LogP contribution in [0.5, 0.6) is 0 Å². The maximum Gasteiger partial charge on any atom is 0.325 e. The highest BCUT2D eigenvalue weighted by Gasteiger charge is 2.14. The number of carbonyl (C=O) groups is 3. The normalized spacial score (nSPS) is 11.6. The van der Waals surface area contributed by atoms with Crippen molar-refractivity contribution in [1.82, 2.24) is 10.6 Å². The van der Waals surface area contributed by atoms with Gasteiger partial charge in [-0.1, -0.05) is 17.2 Å². The van der Waals surface area contributed by atoms with Gasteiger partial charge in [0.15, 0.2) is 0 Å². The van der Waals surface area contributed by atoms with Crippen LogP contribution in [0.1, 0.15) is 28.4 Å². The van der Waals surface area contributed by atoms with E-state index in [-0.39, 0.29) is 12.5 Å². The number of nitrogens with one attached hydrogen (secondary N) is 2. The second-order valence-corrected chi connectivity index (χ2v) is 4.69. The maximum absolute atomic E-state index is 11.9. The molecule has 0 fully saturated rings. The lowest BCUT2D eigenvalue weighted by atomic mass is 10.1. The number of aliphatic carboxylic acids is 1. The first-order valence-electron chi connectivity index (χ1n) is 6.18. The lowest BCUT2D eigenvalue weighted by Crippen LogP contribution is -2.44. The molecule has 0 bridgehead atoms. The van der Waals surface area contributed by atoms with Gasteiger partial charge in [0, 0.05) is 5.56 Å². The molecule has 20 heavy (non-hydrogen) atoms. The van der Waals surface area contributed by atoms with Crippen LogP contribution in [-0.2, 0) is 9.59 Å². The second kappa shape index (κ2) is 6.70. The van der Waals surface area contributed by atoms with Gasteiger partial charge in [-0.3, -0.25) is 14.4 Å². The fourth-order valence-corrected chi connectivity index (χ4v) is 1.72. The number of carbonyl (C=O) groups excluding carboxylic acids is 2. The number of amides is 2. The molecule has 1 aromatic rings. The van der Waals surface area contributed by atoms with Crippen molar-refractivity contribution >= 4 is 17.8 Å². The number of rotatable bonds is 5. The number of carboxylic acid groups (broad SMARTS) is 1. The number of aryl methyl sites for hydroxylation is 2. The predicted octanol–water partition coefficient (Wildman–Crippen LogP) is 0.623. The summed E-state index contributed by atoms with van der Waals surface area (Å²) in [6.07, 6.45) is 0. The van der Waals surface area contributed by atoms with Crippen molar-refractivity contribution in [3.8, 4) is 0 Å². The Balaban J connectivity index is 2.55. The van der Waals surface area contributed by atoms with Crippen LogP contribution >= 0.6 is 0 Å². The second-order valence-electron chi connectivity index (χ2n) is 4.69. The molecule has 6 heteroatoms. The molecule has 0 aliphatic heterocycles. The minimum Gasteiger partial charge on any atom is -0.480 e. The lowest BCUT2D eigenvalue weighted by Gasteiger charge is -2.10. The van der Waals surface area contributed by atoms with Crippen molar-refractivity contribution in [2.75, 3.05) is 6.54 Å². The Bertz CT molecular complexity index is 520. The molecule has 0 saturated carbocycles. The third kappa shape index (κ3) is 4.72. The van der Waals surface area contributed by atoms with Crippen molar-refractivity contribution in [2.45, 2.75) is 26.8 Å². The summed E-state index contributed by atoms with van der Waals surface area (Å²) in [5, 5.41) is 13.4. The van der Waals surface area contributed by atoms with Gasteiger partial charge in [0.25, 0.3) is 5.91 Å². The summed E-state index contributed by atoms with van der Waals surface area (Å²) in [6, 6.07) is 4.40. The van der Waals surface area contributed by atoms with Crippen LogP contribution in [0.2, 0.25) is 0 Å². The Morgan fingerprint density at radius 2 is 1.70 bits per heavy atom. The molecule has 108 valence electrons. The molecular formula is C14H18N2O4. The van der Waals surface area contributed by atoms with Crippen LogP contribution in [0, 0.1) is 13.8 Å². The fourth-order valence-electron chi connectivity index (χ4n) is 1.72. The molecule has 1 aromatic carbocycles. The summed E-state index contributed by atoms with van der Waals surface area (Å²) in [5.41, 5.74) is 2.39. The van der Waals surface area contributed by atoms with Gasteiger partial charge in [-0.2, -0.15) is 0 Å². The number of carboxylic acids is 1. The highest BCUT2D eigenvalue weighted by Crippen LogP contribution is 2.08. The molecule has 6 nitrogen and oxygen atoms in total. The first-order valence-corrected chi connectivity index (χ1v) is 6.18. The Morgan fingerprint density at radius 3 is 2.20 bits per heavy atom. The van der Waals surface area contributed by atoms with Crippen molar-refractivity contribution in [1.29, 1.82) is 0 Å². The monoisotopic (exact) mass is 278 g/mol. The molecule has 1 rings (SSSR count). The topological polar surface area (TPSA) is 95.5 Å². The summed E-state index contributed by atoms with van der Waals surface area (Å²) in [5.74, 6) is -2.04. The molecule has 0 unspecified atom stereocenters. The van der Waals surface area contributed by atoms with Crippen LogP contribution < -0.4 is 10.6 Å². The molecule has 0 aromatic heterocycles. The fraction of sp³-hybridized carbons (Fsp3) is 0.357. The van der Waals surface area contributed by atoms with Gasteiger partial charge < -0.3 is 15.7 Å². The van der Waals surface area contributed by atoms with E-state index in [2.05, 4.69) is 10.6 Å². The minimum absolute atomic E-state index is 0.260. The summed E-state index contributed by atoms with van der Waals surface area (Å²) in [4.78, 5) is 33.9. The van der Waals surface area contributed by atoms with Gasteiger partial charge in [-0.05, 0) is 32.9 Å². The standard InChI is InChI=1S/C14H18N2O4/c1-8-4-9(2)6-11(5-8)13(18)15-7-12(17)16-10(3)14(19)20/h4-6,10H,7H2,1-3H3,(H,15,18)(H,16,17)(H,19,20)/t10-/m1/s1. The molecule has 3 N–H and O–H groups in total. The van der Waals surface area contributed by atoms with Gasteiger partial charge in [0.05, 0.1) is 6.54 Å². The summed E-state index contributed by atoms with van der Waals surface area (Å²) in [6.45, 7) is 4.85. The molecule has 0 aliphatic rings. The van der Waals surface area contributed by atoms with Crippen LogP contribution in [0.25, 0.3) is 0 Å². The first-order chi connectivity index (χ1) is 9.29. The van der Waals surface area contributed by atoms with Gasteiger partial charge >= 0.3 is 5.97 Å². The quantitative estimate of drug-likeness (QED) is 0.736. The van der Waals surface area contributed by atoms with E-state index in [9.17, 15) is 14.4 Å². The van der Waals surface area contributed by atoms with Crippen molar-refractivity contribution in [2.24, 2.45) is 0 Å². The molecule has 2 amide bonds. The predicted molar refractivity (Wildman–Crippen MR) is 73.5 cm³/mol. The van der Waals surface area contributed by atoms with E-state index >= 15 is 0 Å². The zero-order chi connectivity index (χ0) is 15.3. The number of benzene rings is 1. The van der Waals surface area contributed by atoms with Gasteiger partial charge in [-0.15, -0.1) is 0 Å². The van der Waals surface area contributed by atoms with E-state index in [0.717, 1.165) is 11.1 Å². The van der Waals surface area contributed by atoms with E-state index in [1.54, 1.807) is 12.1 Å². The molecule has 0 aliphatic carbocycles. The average Bonchev–Trinajstić information content (AvgIpc) is 2.34. The zero-order valence-electron chi connectivity index (χ0n) is 11.7. The molecule has 0 heterocycles. The van der Waals surface area contributed by atoms with E-state index in [1.165, 1.54) is 6.92 Å². The van der Waals surface area contributed by atoms with Crippen molar-refractivity contribution < 1.29 is 19.5 Å². The first kappa shape index (κ1) is 15.7. The Hall–Kier alpha value is -2.37. The lowest BCUT2D eigenvalue weighted by molar-refractivity contribution is -0.141. The summed E-state index contributed by atoms with van der Waals surface area (Å²) < 4.78 is 0. The van der Waals surface area contributed by atoms with Gasteiger partial charge in [-0.25, -0.2) is 0 Å². The van der Waals surface area contributed by atoms with Gasteiger partial charge in [0.1, 0.15) is 6.04 Å². The largest absolute Gasteiger partial charge is 0.480 e. The Morgan fingerprint density at radius 1 is 1.15 bits per heavy atom. The van der Waals surface area contributed by atoms with E-state index in [0.29, 0.717) is 5.56 Å². The highest BCUT2D eigenvalue weighted by atomic mass is 16.4. The third-order valence-electron chi connectivity index (χ3n) is 2.64.